The second kappa shape index (κ2) is 2.01. The zero-order valence-electron chi connectivity index (χ0n) is 7.10. The summed E-state index contributed by atoms with van der Waals surface area (Å²) in [5, 5.41) is 3.76. The smallest absolute Gasteiger partial charge is 0.0212 e. The van der Waals surface area contributed by atoms with Crippen molar-refractivity contribution in [3.05, 3.63) is 0 Å². The first kappa shape index (κ1) is 6.47. The highest BCUT2D eigenvalue weighted by atomic mass is 15.0. The van der Waals surface area contributed by atoms with Crippen LogP contribution < -0.4 is 5.32 Å². The maximum Gasteiger partial charge on any atom is 0.0212 e. The molecule has 1 nitrogen and oxygen atoms in total. The molecule has 1 saturated heterocycles. The van der Waals surface area contributed by atoms with Crippen molar-refractivity contribution >= 4 is 0 Å². The van der Waals surface area contributed by atoms with Crippen molar-refractivity contribution in [2.45, 2.75) is 44.1 Å². The maximum absolute atomic E-state index is 3.76. The topological polar surface area (TPSA) is 12.0 Å². The summed E-state index contributed by atoms with van der Waals surface area (Å²) in [6.07, 6.45) is 9.04. The SMILES string of the molecule is C1CNC2(C1)CC1CCC2C1. The predicted octanol–water partition coefficient (Wildman–Crippen LogP) is 1.93. The molecule has 1 spiro atoms. The Bertz CT molecular complexity index is 170. The summed E-state index contributed by atoms with van der Waals surface area (Å²) < 4.78 is 0. The summed E-state index contributed by atoms with van der Waals surface area (Å²) in [7, 11) is 0. The molecule has 3 unspecified atom stereocenters. The fourth-order valence-corrected chi connectivity index (χ4v) is 3.80. The van der Waals surface area contributed by atoms with E-state index in [9.17, 15) is 0 Å². The largest absolute Gasteiger partial charge is 0.311 e. The molecule has 0 radical (unpaired) electrons. The van der Waals surface area contributed by atoms with Gasteiger partial charge >= 0.3 is 0 Å². The third-order valence-corrected chi connectivity index (χ3v) is 4.25. The van der Waals surface area contributed by atoms with Crippen molar-refractivity contribution in [2.24, 2.45) is 11.8 Å². The zero-order valence-corrected chi connectivity index (χ0v) is 7.10. The molecule has 0 aromatic rings. The molecule has 0 amide bonds. The Morgan fingerprint density at radius 1 is 1.27 bits per heavy atom. The molecule has 11 heavy (non-hydrogen) atoms. The average Bonchev–Trinajstić information content (AvgIpc) is 2.64. The van der Waals surface area contributed by atoms with Crippen molar-refractivity contribution in [1.29, 1.82) is 0 Å². The van der Waals surface area contributed by atoms with Gasteiger partial charge < -0.3 is 5.32 Å². The van der Waals surface area contributed by atoms with Gasteiger partial charge in [0.1, 0.15) is 0 Å². The number of hydrogen-bond acceptors (Lipinski definition) is 1. The third kappa shape index (κ3) is 0.752. The summed E-state index contributed by atoms with van der Waals surface area (Å²) in [6, 6.07) is 0. The van der Waals surface area contributed by atoms with Gasteiger partial charge in [0.05, 0.1) is 0 Å². The van der Waals surface area contributed by atoms with Crippen LogP contribution >= 0.6 is 0 Å². The van der Waals surface area contributed by atoms with E-state index in [1.54, 1.807) is 6.42 Å². The second-order valence-electron chi connectivity index (χ2n) is 4.77. The van der Waals surface area contributed by atoms with Gasteiger partial charge in [-0.05, 0) is 50.5 Å². The first-order valence-corrected chi connectivity index (χ1v) is 5.14. The standard InChI is InChI=1S/C10H17N/c1-4-10(11-5-1)7-8-2-3-9(10)6-8/h8-9,11H,1-7H2. The molecule has 0 aromatic carbocycles. The van der Waals surface area contributed by atoms with Crippen LogP contribution in [0.15, 0.2) is 0 Å². The monoisotopic (exact) mass is 151 g/mol. The molecule has 1 aliphatic heterocycles. The fourth-order valence-electron chi connectivity index (χ4n) is 3.80. The summed E-state index contributed by atoms with van der Waals surface area (Å²) >= 11 is 0. The van der Waals surface area contributed by atoms with Gasteiger partial charge in [0.15, 0.2) is 0 Å². The van der Waals surface area contributed by atoms with E-state index in [1.807, 2.05) is 0 Å². The first-order chi connectivity index (χ1) is 5.39. The molecule has 0 aromatic heterocycles. The van der Waals surface area contributed by atoms with Crippen LogP contribution in [0.2, 0.25) is 0 Å². The minimum Gasteiger partial charge on any atom is -0.311 e. The van der Waals surface area contributed by atoms with Gasteiger partial charge in [-0.15, -0.1) is 0 Å². The molecule has 1 heteroatoms. The van der Waals surface area contributed by atoms with Crippen molar-refractivity contribution in [3.8, 4) is 0 Å². The minimum absolute atomic E-state index is 0.656. The molecule has 1 N–H and O–H groups in total. The van der Waals surface area contributed by atoms with Gasteiger partial charge in [-0.1, -0.05) is 6.42 Å². The molecule has 3 aliphatic rings. The van der Waals surface area contributed by atoms with E-state index in [-0.39, 0.29) is 0 Å². The van der Waals surface area contributed by atoms with Gasteiger partial charge in [-0.2, -0.15) is 0 Å². The lowest BCUT2D eigenvalue weighted by molar-refractivity contribution is 0.239. The maximum atomic E-state index is 3.76. The number of rotatable bonds is 0. The normalized spacial score (nSPS) is 54.5. The Morgan fingerprint density at radius 2 is 2.27 bits per heavy atom. The van der Waals surface area contributed by atoms with Crippen LogP contribution in [0, 0.1) is 11.8 Å². The van der Waals surface area contributed by atoms with Gasteiger partial charge in [0.25, 0.3) is 0 Å². The fraction of sp³-hybridized carbons (Fsp3) is 1.00. The molecular formula is C10H17N. The Hall–Kier alpha value is -0.0400. The van der Waals surface area contributed by atoms with Crippen molar-refractivity contribution in [3.63, 3.8) is 0 Å². The van der Waals surface area contributed by atoms with E-state index in [0.29, 0.717) is 5.54 Å². The summed E-state index contributed by atoms with van der Waals surface area (Å²) in [5.41, 5.74) is 0.656. The highest BCUT2D eigenvalue weighted by molar-refractivity contribution is 5.08. The van der Waals surface area contributed by atoms with Crippen LogP contribution in [-0.2, 0) is 0 Å². The molecule has 3 fully saturated rings. The lowest BCUT2D eigenvalue weighted by atomic mass is 9.80. The van der Waals surface area contributed by atoms with Crippen molar-refractivity contribution in [1.82, 2.24) is 5.32 Å². The minimum atomic E-state index is 0.656. The van der Waals surface area contributed by atoms with E-state index < -0.39 is 0 Å². The molecule has 2 bridgehead atoms. The van der Waals surface area contributed by atoms with E-state index in [4.69, 9.17) is 0 Å². The van der Waals surface area contributed by atoms with E-state index in [1.165, 1.54) is 38.6 Å². The predicted molar refractivity (Wildman–Crippen MR) is 45.4 cm³/mol. The Morgan fingerprint density at radius 3 is 2.82 bits per heavy atom. The van der Waals surface area contributed by atoms with E-state index >= 15 is 0 Å². The summed E-state index contributed by atoms with van der Waals surface area (Å²) in [6.45, 7) is 1.29. The quantitative estimate of drug-likeness (QED) is 0.558. The van der Waals surface area contributed by atoms with Gasteiger partial charge in [-0.25, -0.2) is 0 Å². The zero-order chi connectivity index (χ0) is 7.31. The molecule has 1 heterocycles. The average molecular weight is 151 g/mol. The van der Waals surface area contributed by atoms with Gasteiger partial charge in [0, 0.05) is 5.54 Å². The second-order valence-corrected chi connectivity index (χ2v) is 4.77. The molecule has 2 aliphatic carbocycles. The van der Waals surface area contributed by atoms with Crippen LogP contribution in [0.4, 0.5) is 0 Å². The van der Waals surface area contributed by atoms with Crippen LogP contribution in [0.3, 0.4) is 0 Å². The highest BCUT2D eigenvalue weighted by Crippen LogP contribution is 2.53. The molecule has 3 rings (SSSR count). The lowest BCUT2D eigenvalue weighted by Crippen LogP contribution is -2.44. The van der Waals surface area contributed by atoms with Gasteiger partial charge in [0.2, 0.25) is 0 Å². The van der Waals surface area contributed by atoms with Crippen molar-refractivity contribution in [2.75, 3.05) is 6.54 Å². The molecule has 2 saturated carbocycles. The Balaban J connectivity index is 1.88. The van der Waals surface area contributed by atoms with Crippen LogP contribution in [-0.4, -0.2) is 12.1 Å². The summed E-state index contributed by atoms with van der Waals surface area (Å²) in [4.78, 5) is 0. The molecular weight excluding hydrogens is 134 g/mol. The van der Waals surface area contributed by atoms with Crippen LogP contribution in [0.5, 0.6) is 0 Å². The number of hydrogen-bond donors (Lipinski definition) is 1. The summed E-state index contributed by atoms with van der Waals surface area (Å²) in [5.74, 6) is 2.17. The molecule has 3 atom stereocenters. The van der Waals surface area contributed by atoms with Gasteiger partial charge in [-0.3, -0.25) is 0 Å². The van der Waals surface area contributed by atoms with Crippen molar-refractivity contribution < 1.29 is 0 Å². The third-order valence-electron chi connectivity index (χ3n) is 4.25. The van der Waals surface area contributed by atoms with E-state index in [0.717, 1.165) is 11.8 Å². The highest BCUT2D eigenvalue weighted by Gasteiger charge is 2.51. The van der Waals surface area contributed by atoms with E-state index in [2.05, 4.69) is 5.32 Å². The number of fused-ring (bicyclic) bond motifs is 3. The molecule has 62 valence electrons. The Labute approximate surface area is 68.6 Å². The number of nitrogens with one attached hydrogen (secondary N) is 1. The lowest BCUT2D eigenvalue weighted by Gasteiger charge is -2.34. The first-order valence-electron chi connectivity index (χ1n) is 5.14. The Kier molecular flexibility index (Phi) is 1.18. The van der Waals surface area contributed by atoms with Crippen LogP contribution in [0.1, 0.15) is 38.5 Å². The van der Waals surface area contributed by atoms with Crippen LogP contribution in [0.25, 0.3) is 0 Å².